The third kappa shape index (κ3) is 5.83. The lowest BCUT2D eigenvalue weighted by molar-refractivity contribution is -0.143. The molecule has 0 radical (unpaired) electrons. The highest BCUT2D eigenvalue weighted by atomic mass is 16.5. The summed E-state index contributed by atoms with van der Waals surface area (Å²) in [6.45, 7) is 4.04. The number of amides is 1. The van der Waals surface area contributed by atoms with Crippen molar-refractivity contribution in [3.63, 3.8) is 0 Å². The Balaban J connectivity index is 2.41. The van der Waals surface area contributed by atoms with E-state index < -0.39 is 12.0 Å². The van der Waals surface area contributed by atoms with Gasteiger partial charge in [-0.05, 0) is 25.5 Å². The first-order valence-electron chi connectivity index (χ1n) is 6.65. The van der Waals surface area contributed by atoms with Crippen LogP contribution in [0.1, 0.15) is 17.5 Å². The maximum atomic E-state index is 11.7. The van der Waals surface area contributed by atoms with E-state index in [4.69, 9.17) is 14.6 Å². The number of methoxy groups -OCH3 is 1. The molecule has 6 nitrogen and oxygen atoms in total. The Hall–Kier alpha value is -2.08. The summed E-state index contributed by atoms with van der Waals surface area (Å²) < 4.78 is 10.3. The van der Waals surface area contributed by atoms with Crippen LogP contribution in [0, 0.1) is 13.8 Å². The second-order valence-corrected chi connectivity index (χ2v) is 4.78. The van der Waals surface area contributed by atoms with E-state index >= 15 is 0 Å². The molecule has 0 spiro atoms. The number of carbonyl (C=O) groups excluding carboxylic acids is 1. The Bertz CT molecular complexity index is 501. The monoisotopic (exact) mass is 295 g/mol. The zero-order valence-electron chi connectivity index (χ0n) is 12.5. The molecule has 1 amide bonds. The topological polar surface area (TPSA) is 84.9 Å². The Labute approximate surface area is 124 Å². The molecule has 0 saturated carbocycles. The largest absolute Gasteiger partial charge is 0.493 e. The number of hydrogen-bond donors (Lipinski definition) is 2. The summed E-state index contributed by atoms with van der Waals surface area (Å²) in [4.78, 5) is 22.5. The van der Waals surface area contributed by atoms with Gasteiger partial charge < -0.3 is 19.9 Å². The molecule has 1 atom stereocenters. The van der Waals surface area contributed by atoms with Crippen LogP contribution in [0.25, 0.3) is 0 Å². The van der Waals surface area contributed by atoms with E-state index in [0.717, 1.165) is 16.9 Å². The van der Waals surface area contributed by atoms with Crippen LogP contribution in [0.15, 0.2) is 18.2 Å². The van der Waals surface area contributed by atoms with Gasteiger partial charge in [-0.2, -0.15) is 0 Å². The van der Waals surface area contributed by atoms with E-state index in [1.54, 1.807) is 0 Å². The van der Waals surface area contributed by atoms with Crippen LogP contribution in [-0.2, 0) is 14.3 Å². The maximum absolute atomic E-state index is 11.7. The Kier molecular flexibility index (Phi) is 6.68. The van der Waals surface area contributed by atoms with Crippen LogP contribution in [0.5, 0.6) is 5.75 Å². The average molecular weight is 295 g/mol. The molecule has 0 bridgehead atoms. The third-order valence-electron chi connectivity index (χ3n) is 2.88. The fourth-order valence-electron chi connectivity index (χ4n) is 1.82. The first-order valence-corrected chi connectivity index (χ1v) is 6.65. The van der Waals surface area contributed by atoms with Gasteiger partial charge in [0, 0.05) is 7.11 Å². The summed E-state index contributed by atoms with van der Waals surface area (Å²) in [6.07, 6.45) is 0.0841. The molecular formula is C15H21NO5. The van der Waals surface area contributed by atoms with Gasteiger partial charge in [-0.15, -0.1) is 0 Å². The van der Waals surface area contributed by atoms with Gasteiger partial charge in [-0.3, -0.25) is 4.79 Å². The van der Waals surface area contributed by atoms with Crippen molar-refractivity contribution >= 4 is 11.9 Å². The molecule has 0 aliphatic carbocycles. The van der Waals surface area contributed by atoms with Crippen LogP contribution < -0.4 is 10.1 Å². The minimum Gasteiger partial charge on any atom is -0.493 e. The zero-order chi connectivity index (χ0) is 15.8. The fraction of sp³-hybridized carbons (Fsp3) is 0.467. The SMILES string of the molecule is COCC(NC(=O)CCOc1ccc(C)cc1C)C(=O)O. The lowest BCUT2D eigenvalue weighted by Crippen LogP contribution is -2.44. The Morgan fingerprint density at radius 1 is 1.33 bits per heavy atom. The van der Waals surface area contributed by atoms with Crippen molar-refractivity contribution < 1.29 is 24.2 Å². The number of benzene rings is 1. The van der Waals surface area contributed by atoms with Gasteiger partial charge in [0.05, 0.1) is 19.6 Å². The predicted octanol–water partition coefficient (Wildman–Crippen LogP) is 1.29. The summed E-state index contributed by atoms with van der Waals surface area (Å²) in [6, 6.07) is 4.74. The second kappa shape index (κ2) is 8.26. The van der Waals surface area contributed by atoms with Crippen molar-refractivity contribution in [3.8, 4) is 5.75 Å². The molecule has 0 aliphatic rings. The quantitative estimate of drug-likeness (QED) is 0.755. The van der Waals surface area contributed by atoms with Crippen LogP contribution >= 0.6 is 0 Å². The molecule has 1 rings (SSSR count). The number of carbonyl (C=O) groups is 2. The molecular weight excluding hydrogens is 274 g/mol. The fourth-order valence-corrected chi connectivity index (χ4v) is 1.82. The molecule has 21 heavy (non-hydrogen) atoms. The van der Waals surface area contributed by atoms with Crippen molar-refractivity contribution in [2.24, 2.45) is 0 Å². The van der Waals surface area contributed by atoms with Crippen LogP contribution in [0.2, 0.25) is 0 Å². The van der Waals surface area contributed by atoms with Crippen LogP contribution in [-0.4, -0.2) is 43.3 Å². The van der Waals surface area contributed by atoms with E-state index in [0.29, 0.717) is 0 Å². The molecule has 2 N–H and O–H groups in total. The zero-order valence-corrected chi connectivity index (χ0v) is 12.5. The molecule has 0 heterocycles. The van der Waals surface area contributed by atoms with Crippen LogP contribution in [0.4, 0.5) is 0 Å². The van der Waals surface area contributed by atoms with Crippen molar-refractivity contribution in [1.82, 2.24) is 5.32 Å². The van der Waals surface area contributed by atoms with Gasteiger partial charge >= 0.3 is 5.97 Å². The van der Waals surface area contributed by atoms with Gasteiger partial charge in [-0.25, -0.2) is 4.79 Å². The van der Waals surface area contributed by atoms with Gasteiger partial charge in [0.2, 0.25) is 5.91 Å². The summed E-state index contributed by atoms with van der Waals surface area (Å²) in [7, 11) is 1.38. The molecule has 0 aliphatic heterocycles. The van der Waals surface area contributed by atoms with Gasteiger partial charge in [0.15, 0.2) is 6.04 Å². The summed E-state index contributed by atoms with van der Waals surface area (Å²) >= 11 is 0. The smallest absolute Gasteiger partial charge is 0.328 e. The highest BCUT2D eigenvalue weighted by Gasteiger charge is 2.19. The number of hydrogen-bond acceptors (Lipinski definition) is 4. The van der Waals surface area contributed by atoms with Crippen molar-refractivity contribution in [2.75, 3.05) is 20.3 Å². The summed E-state index contributed by atoms with van der Waals surface area (Å²) in [5, 5.41) is 11.3. The number of aliphatic carboxylic acids is 1. The number of aryl methyl sites for hydroxylation is 2. The highest BCUT2D eigenvalue weighted by Crippen LogP contribution is 2.18. The number of ether oxygens (including phenoxy) is 2. The van der Waals surface area contributed by atoms with Crippen LogP contribution in [0.3, 0.4) is 0 Å². The Morgan fingerprint density at radius 2 is 2.05 bits per heavy atom. The summed E-state index contributed by atoms with van der Waals surface area (Å²) in [5.41, 5.74) is 2.14. The third-order valence-corrected chi connectivity index (χ3v) is 2.88. The molecule has 0 saturated heterocycles. The number of carboxylic acids is 1. The highest BCUT2D eigenvalue weighted by molar-refractivity contribution is 5.83. The van der Waals surface area contributed by atoms with Crippen molar-refractivity contribution in [3.05, 3.63) is 29.3 Å². The molecule has 1 aromatic rings. The van der Waals surface area contributed by atoms with E-state index in [1.807, 2.05) is 32.0 Å². The van der Waals surface area contributed by atoms with E-state index in [9.17, 15) is 9.59 Å². The van der Waals surface area contributed by atoms with Gasteiger partial charge in [0.1, 0.15) is 5.75 Å². The number of nitrogens with one attached hydrogen (secondary N) is 1. The Morgan fingerprint density at radius 3 is 2.62 bits per heavy atom. The molecule has 1 unspecified atom stereocenters. The lowest BCUT2D eigenvalue weighted by atomic mass is 10.1. The summed E-state index contributed by atoms with van der Waals surface area (Å²) in [5.74, 6) is -0.787. The van der Waals surface area contributed by atoms with Crippen molar-refractivity contribution in [2.45, 2.75) is 26.3 Å². The molecule has 6 heteroatoms. The standard InChI is InChI=1S/C15H21NO5/c1-10-4-5-13(11(2)8-10)21-7-6-14(17)16-12(9-20-3)15(18)19/h4-5,8,12H,6-7,9H2,1-3H3,(H,16,17)(H,18,19). The lowest BCUT2D eigenvalue weighted by Gasteiger charge is -2.14. The predicted molar refractivity (Wildman–Crippen MR) is 77.5 cm³/mol. The first-order chi connectivity index (χ1) is 9.93. The minimum atomic E-state index is -1.12. The minimum absolute atomic E-state index is 0.0704. The van der Waals surface area contributed by atoms with Gasteiger partial charge in [0.25, 0.3) is 0 Å². The first kappa shape index (κ1) is 17.0. The van der Waals surface area contributed by atoms with E-state index in [1.165, 1.54) is 7.11 Å². The molecule has 0 fully saturated rings. The molecule has 116 valence electrons. The molecule has 1 aromatic carbocycles. The maximum Gasteiger partial charge on any atom is 0.328 e. The number of carboxylic acid groups (broad SMARTS) is 1. The average Bonchev–Trinajstić information content (AvgIpc) is 2.40. The van der Waals surface area contributed by atoms with E-state index in [-0.39, 0.29) is 25.5 Å². The van der Waals surface area contributed by atoms with Crippen molar-refractivity contribution in [1.29, 1.82) is 0 Å². The van der Waals surface area contributed by atoms with Gasteiger partial charge in [-0.1, -0.05) is 17.7 Å². The number of rotatable bonds is 8. The normalized spacial score (nSPS) is 11.8. The molecule has 0 aromatic heterocycles. The second-order valence-electron chi connectivity index (χ2n) is 4.78. The van der Waals surface area contributed by atoms with E-state index in [2.05, 4.69) is 5.32 Å².